The number of rotatable bonds is 7. The lowest BCUT2D eigenvalue weighted by molar-refractivity contribution is -0.138. The van der Waals surface area contributed by atoms with Gasteiger partial charge in [-0.15, -0.1) is 0 Å². The van der Waals surface area contributed by atoms with Gasteiger partial charge in [0.15, 0.2) is 0 Å². The van der Waals surface area contributed by atoms with Crippen LogP contribution in [0, 0.1) is 5.92 Å². The molecule has 1 N–H and O–H groups in total. The minimum Gasteiger partial charge on any atom is -0.383 e. The zero-order chi connectivity index (χ0) is 18.4. The maximum atomic E-state index is 12.6. The van der Waals surface area contributed by atoms with Crippen molar-refractivity contribution < 1.29 is 14.3 Å². The van der Waals surface area contributed by atoms with Gasteiger partial charge < -0.3 is 15.0 Å². The lowest BCUT2D eigenvalue weighted by Gasteiger charge is -2.31. The number of nitrogens with zero attached hydrogens (tertiary/aromatic N) is 4. The standard InChI is InChI=1S/C18H23N5O3/c1-26-9-8-22-11-15(6-7-17(22)24)18(25)20-10-14-4-2-3-5-16(14)23-13-19-12-21-23/h2-5,12-13,15H,6-11H2,1H3,(H,20,25)/t15-/m1/s1. The number of carbonyl (C=O) groups excluding carboxylic acids is 2. The lowest BCUT2D eigenvalue weighted by atomic mass is 9.96. The normalized spacial score (nSPS) is 17.3. The van der Waals surface area contributed by atoms with Gasteiger partial charge >= 0.3 is 0 Å². The summed E-state index contributed by atoms with van der Waals surface area (Å²) in [6.45, 7) is 1.84. The summed E-state index contributed by atoms with van der Waals surface area (Å²) in [5.41, 5.74) is 1.83. The van der Waals surface area contributed by atoms with Crippen LogP contribution in [0.25, 0.3) is 5.69 Å². The van der Waals surface area contributed by atoms with E-state index in [1.54, 1.807) is 23.0 Å². The maximum Gasteiger partial charge on any atom is 0.225 e. The molecule has 1 aliphatic rings. The molecule has 1 fully saturated rings. The van der Waals surface area contributed by atoms with Crippen LogP contribution in [0.15, 0.2) is 36.9 Å². The molecule has 0 bridgehead atoms. The number of amides is 2. The molecule has 0 spiro atoms. The van der Waals surface area contributed by atoms with E-state index in [2.05, 4.69) is 15.4 Å². The van der Waals surface area contributed by atoms with Crippen LogP contribution in [0.4, 0.5) is 0 Å². The number of hydrogen-bond acceptors (Lipinski definition) is 5. The number of nitrogens with one attached hydrogen (secondary N) is 1. The van der Waals surface area contributed by atoms with Crippen LogP contribution < -0.4 is 5.32 Å². The third-order valence-corrected chi connectivity index (χ3v) is 4.55. The van der Waals surface area contributed by atoms with Crippen LogP contribution in [0.5, 0.6) is 0 Å². The van der Waals surface area contributed by atoms with Crippen molar-refractivity contribution in [3.8, 4) is 5.69 Å². The number of piperidine rings is 1. The summed E-state index contributed by atoms with van der Waals surface area (Å²) in [7, 11) is 1.60. The summed E-state index contributed by atoms with van der Waals surface area (Å²) in [5, 5.41) is 7.14. The molecular weight excluding hydrogens is 334 g/mol. The molecule has 2 heterocycles. The Labute approximate surface area is 152 Å². The molecule has 1 saturated heterocycles. The number of hydrogen-bond donors (Lipinski definition) is 1. The van der Waals surface area contributed by atoms with Crippen LogP contribution in [0.1, 0.15) is 18.4 Å². The third kappa shape index (κ3) is 4.26. The second-order valence-corrected chi connectivity index (χ2v) is 6.25. The summed E-state index contributed by atoms with van der Waals surface area (Å²) in [4.78, 5) is 30.2. The van der Waals surface area contributed by atoms with Gasteiger partial charge in [0.25, 0.3) is 0 Å². The summed E-state index contributed by atoms with van der Waals surface area (Å²) in [6, 6.07) is 7.73. The van der Waals surface area contributed by atoms with E-state index in [-0.39, 0.29) is 17.7 Å². The number of methoxy groups -OCH3 is 1. The van der Waals surface area contributed by atoms with Crippen molar-refractivity contribution in [2.24, 2.45) is 5.92 Å². The van der Waals surface area contributed by atoms with Gasteiger partial charge in [0.2, 0.25) is 11.8 Å². The summed E-state index contributed by atoms with van der Waals surface area (Å²) in [6.07, 6.45) is 4.08. The Balaban J connectivity index is 1.60. The average Bonchev–Trinajstić information content (AvgIpc) is 3.20. The van der Waals surface area contributed by atoms with Crippen LogP contribution >= 0.6 is 0 Å². The van der Waals surface area contributed by atoms with Gasteiger partial charge in [0.05, 0.1) is 18.2 Å². The summed E-state index contributed by atoms with van der Waals surface area (Å²) in [5.74, 6) is -0.140. The molecule has 0 radical (unpaired) electrons. The predicted molar refractivity (Wildman–Crippen MR) is 94.4 cm³/mol. The largest absolute Gasteiger partial charge is 0.383 e. The summed E-state index contributed by atoms with van der Waals surface area (Å²) >= 11 is 0. The molecule has 138 valence electrons. The van der Waals surface area contributed by atoms with Crippen LogP contribution in [-0.4, -0.2) is 58.3 Å². The van der Waals surface area contributed by atoms with Crippen LogP contribution in [0.2, 0.25) is 0 Å². The molecule has 0 saturated carbocycles. The van der Waals surface area contributed by atoms with E-state index in [9.17, 15) is 9.59 Å². The Kier molecular flexibility index (Phi) is 5.96. The fourth-order valence-corrected chi connectivity index (χ4v) is 3.09. The number of para-hydroxylation sites is 1. The van der Waals surface area contributed by atoms with E-state index in [1.807, 2.05) is 24.3 Å². The molecule has 0 unspecified atom stereocenters. The third-order valence-electron chi connectivity index (χ3n) is 4.55. The molecule has 26 heavy (non-hydrogen) atoms. The Hall–Kier alpha value is -2.74. The highest BCUT2D eigenvalue weighted by Gasteiger charge is 2.29. The Morgan fingerprint density at radius 2 is 2.23 bits per heavy atom. The molecule has 2 amide bonds. The van der Waals surface area contributed by atoms with E-state index in [0.29, 0.717) is 39.1 Å². The quantitative estimate of drug-likeness (QED) is 0.791. The van der Waals surface area contributed by atoms with Crippen molar-refractivity contribution in [2.45, 2.75) is 19.4 Å². The first-order valence-corrected chi connectivity index (χ1v) is 8.66. The van der Waals surface area contributed by atoms with Gasteiger partial charge in [-0.2, -0.15) is 5.10 Å². The van der Waals surface area contributed by atoms with Gasteiger partial charge in [-0.25, -0.2) is 9.67 Å². The maximum absolute atomic E-state index is 12.6. The van der Waals surface area contributed by atoms with Gasteiger partial charge in [-0.3, -0.25) is 9.59 Å². The molecule has 1 aliphatic heterocycles. The molecular formula is C18H23N5O3. The summed E-state index contributed by atoms with van der Waals surface area (Å²) < 4.78 is 6.71. The first kappa shape index (κ1) is 18.1. The van der Waals surface area contributed by atoms with Crippen molar-refractivity contribution in [3.05, 3.63) is 42.5 Å². The molecule has 0 aliphatic carbocycles. The topological polar surface area (TPSA) is 89.3 Å². The first-order valence-electron chi connectivity index (χ1n) is 8.66. The highest BCUT2D eigenvalue weighted by Crippen LogP contribution is 2.18. The number of benzene rings is 1. The SMILES string of the molecule is COCCN1C[C@H](C(=O)NCc2ccccc2-n2cncn2)CCC1=O. The smallest absolute Gasteiger partial charge is 0.225 e. The van der Waals surface area contributed by atoms with Gasteiger partial charge in [0, 0.05) is 33.2 Å². The first-order chi connectivity index (χ1) is 12.7. The Morgan fingerprint density at radius 1 is 1.38 bits per heavy atom. The minimum atomic E-state index is -0.192. The molecule has 8 heteroatoms. The highest BCUT2D eigenvalue weighted by atomic mass is 16.5. The molecule has 1 aromatic carbocycles. The van der Waals surface area contributed by atoms with Crippen LogP contribution in [0.3, 0.4) is 0 Å². The van der Waals surface area contributed by atoms with E-state index < -0.39 is 0 Å². The molecule has 1 atom stereocenters. The average molecular weight is 357 g/mol. The fourth-order valence-electron chi connectivity index (χ4n) is 3.09. The zero-order valence-electron chi connectivity index (χ0n) is 14.8. The van der Waals surface area contributed by atoms with Crippen LogP contribution in [-0.2, 0) is 20.9 Å². The van der Waals surface area contributed by atoms with Crippen molar-refractivity contribution in [2.75, 3.05) is 26.8 Å². The Morgan fingerprint density at radius 3 is 3.00 bits per heavy atom. The number of ether oxygens (including phenoxy) is 1. The lowest BCUT2D eigenvalue weighted by Crippen LogP contribution is -2.46. The predicted octanol–water partition coefficient (Wildman–Crippen LogP) is 0.768. The van der Waals surface area contributed by atoms with Gasteiger partial charge in [-0.1, -0.05) is 18.2 Å². The van der Waals surface area contributed by atoms with Crippen molar-refractivity contribution in [1.29, 1.82) is 0 Å². The fraction of sp³-hybridized carbons (Fsp3) is 0.444. The monoisotopic (exact) mass is 357 g/mol. The van der Waals surface area contributed by atoms with Crippen molar-refractivity contribution >= 4 is 11.8 Å². The molecule has 8 nitrogen and oxygen atoms in total. The van der Waals surface area contributed by atoms with Crippen molar-refractivity contribution in [3.63, 3.8) is 0 Å². The van der Waals surface area contributed by atoms with E-state index in [4.69, 9.17) is 4.74 Å². The highest BCUT2D eigenvalue weighted by molar-refractivity contribution is 5.83. The van der Waals surface area contributed by atoms with E-state index >= 15 is 0 Å². The number of carbonyl (C=O) groups is 2. The zero-order valence-corrected chi connectivity index (χ0v) is 14.8. The second-order valence-electron chi connectivity index (χ2n) is 6.25. The number of likely N-dealkylation sites (tertiary alicyclic amines) is 1. The van der Waals surface area contributed by atoms with E-state index in [0.717, 1.165) is 11.3 Å². The van der Waals surface area contributed by atoms with Crippen molar-refractivity contribution in [1.82, 2.24) is 25.0 Å². The number of aromatic nitrogens is 3. The van der Waals surface area contributed by atoms with Gasteiger partial charge in [-0.05, 0) is 18.1 Å². The molecule has 1 aromatic heterocycles. The van der Waals surface area contributed by atoms with E-state index in [1.165, 1.54) is 6.33 Å². The molecule has 3 rings (SSSR count). The second kappa shape index (κ2) is 8.57. The van der Waals surface area contributed by atoms with Gasteiger partial charge in [0.1, 0.15) is 12.7 Å². The Bertz CT molecular complexity index is 747. The molecule has 2 aromatic rings. The minimum absolute atomic E-state index is 0.0340.